The van der Waals surface area contributed by atoms with Crippen molar-refractivity contribution in [1.82, 2.24) is 9.97 Å². The quantitative estimate of drug-likeness (QED) is 0.516. The maximum atomic E-state index is 12.4. The Labute approximate surface area is 151 Å². The second-order valence-electron chi connectivity index (χ2n) is 5.42. The van der Waals surface area contributed by atoms with Gasteiger partial charge < -0.3 is 0 Å². The highest BCUT2D eigenvalue weighted by molar-refractivity contribution is 7.92. The van der Waals surface area contributed by atoms with Gasteiger partial charge in [0, 0.05) is 11.8 Å². The van der Waals surface area contributed by atoms with E-state index in [-0.39, 0.29) is 10.8 Å². The molecule has 0 unspecified atom stereocenters. The normalized spacial score (nSPS) is 11.4. The molecule has 2 N–H and O–H groups in total. The van der Waals surface area contributed by atoms with E-state index in [0.29, 0.717) is 11.5 Å². The number of anilines is 2. The molecule has 0 amide bonds. The summed E-state index contributed by atoms with van der Waals surface area (Å²) in [4.78, 5) is 8.41. The highest BCUT2D eigenvalue weighted by Crippen LogP contribution is 2.15. The summed E-state index contributed by atoms with van der Waals surface area (Å²) in [6.45, 7) is 1.74. The van der Waals surface area contributed by atoms with E-state index in [0.717, 1.165) is 5.56 Å². The van der Waals surface area contributed by atoms with Crippen LogP contribution in [0, 0.1) is 6.92 Å². The Morgan fingerprint density at radius 3 is 2.31 bits per heavy atom. The molecule has 1 aromatic heterocycles. The average Bonchev–Trinajstić information content (AvgIpc) is 2.62. The maximum Gasteiger partial charge on any atom is 0.264 e. The minimum absolute atomic E-state index is 0.0220. The van der Waals surface area contributed by atoms with Crippen LogP contribution in [0.3, 0.4) is 0 Å². The van der Waals surface area contributed by atoms with Crippen LogP contribution in [0.25, 0.3) is 0 Å². The number of benzene rings is 2. The number of rotatable bonds is 6. The fourth-order valence-electron chi connectivity index (χ4n) is 2.16. The molecule has 0 atom stereocenters. The van der Waals surface area contributed by atoms with E-state index < -0.39 is 10.0 Å². The van der Waals surface area contributed by atoms with Gasteiger partial charge in [0.2, 0.25) is 5.95 Å². The summed E-state index contributed by atoms with van der Waals surface area (Å²) in [5, 5.41) is 4.11. The molecule has 0 radical (unpaired) electrons. The average molecular weight is 367 g/mol. The summed E-state index contributed by atoms with van der Waals surface area (Å²) in [6, 6.07) is 19.3. The summed E-state index contributed by atoms with van der Waals surface area (Å²) in [5.74, 6) is 0.363. The third-order valence-electron chi connectivity index (χ3n) is 3.33. The van der Waals surface area contributed by atoms with E-state index in [2.05, 4.69) is 25.2 Å². The monoisotopic (exact) mass is 367 g/mol. The van der Waals surface area contributed by atoms with Crippen LogP contribution in [0.2, 0.25) is 0 Å². The minimum Gasteiger partial charge on any atom is -0.261 e. The number of aromatic nitrogens is 2. The molecule has 0 saturated carbocycles. The first-order chi connectivity index (χ1) is 12.5. The van der Waals surface area contributed by atoms with E-state index in [1.54, 1.807) is 37.4 Å². The number of sulfonamides is 1. The van der Waals surface area contributed by atoms with Gasteiger partial charge in [-0.1, -0.05) is 48.5 Å². The topological polar surface area (TPSA) is 96.3 Å². The molecule has 2 aromatic carbocycles. The van der Waals surface area contributed by atoms with Gasteiger partial charge in [-0.25, -0.2) is 18.1 Å². The second kappa shape index (κ2) is 7.75. The molecule has 0 saturated heterocycles. The van der Waals surface area contributed by atoms with Crippen molar-refractivity contribution >= 4 is 28.0 Å². The Hall–Kier alpha value is -3.26. The summed E-state index contributed by atoms with van der Waals surface area (Å²) in [6.07, 6.45) is 1.64. The van der Waals surface area contributed by atoms with E-state index in [1.807, 2.05) is 30.3 Å². The number of nitrogens with one attached hydrogen (secondary N) is 2. The van der Waals surface area contributed by atoms with Crippen LogP contribution >= 0.6 is 0 Å². The molecular formula is C18H17N5O2S. The van der Waals surface area contributed by atoms with Crippen molar-refractivity contribution in [2.24, 2.45) is 5.10 Å². The van der Waals surface area contributed by atoms with Crippen molar-refractivity contribution < 1.29 is 8.42 Å². The molecule has 1 heterocycles. The number of nitrogens with zero attached hydrogens (tertiary/aromatic N) is 3. The van der Waals surface area contributed by atoms with Crippen LogP contribution in [-0.4, -0.2) is 24.6 Å². The zero-order valence-electron chi connectivity index (χ0n) is 14.0. The Balaban J connectivity index is 1.76. The highest BCUT2D eigenvalue weighted by atomic mass is 32.2. The lowest BCUT2D eigenvalue weighted by Gasteiger charge is -2.08. The van der Waals surface area contributed by atoms with Crippen molar-refractivity contribution in [3.8, 4) is 0 Å². The summed E-state index contributed by atoms with van der Waals surface area (Å²) in [5.41, 5.74) is 4.31. The summed E-state index contributed by atoms with van der Waals surface area (Å²) < 4.78 is 27.1. The molecule has 0 spiro atoms. The van der Waals surface area contributed by atoms with Gasteiger partial charge in [0.05, 0.1) is 11.1 Å². The van der Waals surface area contributed by atoms with Gasteiger partial charge in [0.1, 0.15) is 0 Å². The first-order valence-corrected chi connectivity index (χ1v) is 9.29. The van der Waals surface area contributed by atoms with Crippen LogP contribution in [0.15, 0.2) is 76.7 Å². The predicted molar refractivity (Wildman–Crippen MR) is 102 cm³/mol. The van der Waals surface area contributed by atoms with Gasteiger partial charge in [-0.15, -0.1) is 0 Å². The van der Waals surface area contributed by atoms with E-state index in [4.69, 9.17) is 0 Å². The zero-order valence-corrected chi connectivity index (χ0v) is 14.8. The van der Waals surface area contributed by atoms with Gasteiger partial charge in [-0.05, 0) is 24.6 Å². The number of hydrogen-bond donors (Lipinski definition) is 2. The number of aryl methyl sites for hydroxylation is 1. The van der Waals surface area contributed by atoms with Crippen molar-refractivity contribution in [1.29, 1.82) is 0 Å². The molecule has 3 aromatic rings. The Morgan fingerprint density at radius 1 is 0.962 bits per heavy atom. The van der Waals surface area contributed by atoms with Gasteiger partial charge in [0.25, 0.3) is 10.0 Å². The summed E-state index contributed by atoms with van der Waals surface area (Å²) >= 11 is 0. The van der Waals surface area contributed by atoms with Gasteiger partial charge in [0.15, 0.2) is 5.82 Å². The molecule has 0 aliphatic carbocycles. The molecule has 0 fully saturated rings. The van der Waals surface area contributed by atoms with Crippen molar-refractivity contribution in [3.63, 3.8) is 0 Å². The first kappa shape index (κ1) is 17.6. The molecule has 3 rings (SSSR count). The van der Waals surface area contributed by atoms with E-state index in [9.17, 15) is 8.42 Å². The first-order valence-electron chi connectivity index (χ1n) is 7.81. The van der Waals surface area contributed by atoms with Crippen molar-refractivity contribution in [2.45, 2.75) is 11.8 Å². The number of hydrogen-bond acceptors (Lipinski definition) is 6. The Bertz CT molecular complexity index is 1010. The van der Waals surface area contributed by atoms with E-state index >= 15 is 0 Å². The van der Waals surface area contributed by atoms with Crippen molar-refractivity contribution in [2.75, 3.05) is 10.1 Å². The van der Waals surface area contributed by atoms with Gasteiger partial charge in [-0.3, -0.25) is 5.43 Å². The second-order valence-corrected chi connectivity index (χ2v) is 7.10. The molecule has 0 aliphatic rings. The molecule has 0 bridgehead atoms. The SMILES string of the molecule is Cc1cc(N/N=C/c2ccccc2)nc(NS(=O)(=O)c2ccccc2)n1. The third kappa shape index (κ3) is 4.64. The molecule has 0 aliphatic heterocycles. The fraction of sp³-hybridized carbons (Fsp3) is 0.0556. The van der Waals surface area contributed by atoms with Crippen LogP contribution < -0.4 is 10.1 Å². The van der Waals surface area contributed by atoms with Crippen LogP contribution in [-0.2, 0) is 10.0 Å². The molecular weight excluding hydrogens is 350 g/mol. The summed E-state index contributed by atoms with van der Waals surface area (Å²) in [7, 11) is -3.75. The van der Waals surface area contributed by atoms with E-state index in [1.165, 1.54) is 12.1 Å². The standard InChI is InChI=1S/C18H17N5O2S/c1-14-12-17(22-19-13-15-8-4-2-5-9-15)21-18(20-14)23-26(24,25)16-10-6-3-7-11-16/h2-13H,1H3,(H2,20,21,22,23)/b19-13+. The molecule has 8 heteroatoms. The lowest BCUT2D eigenvalue weighted by atomic mass is 10.2. The van der Waals surface area contributed by atoms with Gasteiger partial charge >= 0.3 is 0 Å². The maximum absolute atomic E-state index is 12.4. The zero-order chi connectivity index (χ0) is 18.4. The Kier molecular flexibility index (Phi) is 5.23. The van der Waals surface area contributed by atoms with Gasteiger partial charge in [-0.2, -0.15) is 10.1 Å². The van der Waals surface area contributed by atoms with Crippen molar-refractivity contribution in [3.05, 3.63) is 78.0 Å². The minimum atomic E-state index is -3.75. The number of hydrazone groups is 1. The van der Waals surface area contributed by atoms with Crippen LogP contribution in [0.4, 0.5) is 11.8 Å². The molecule has 7 nitrogen and oxygen atoms in total. The largest absolute Gasteiger partial charge is 0.264 e. The molecule has 26 heavy (non-hydrogen) atoms. The highest BCUT2D eigenvalue weighted by Gasteiger charge is 2.15. The molecule has 132 valence electrons. The fourth-order valence-corrected chi connectivity index (χ4v) is 3.13. The van der Waals surface area contributed by atoms with Crippen LogP contribution in [0.1, 0.15) is 11.3 Å². The smallest absolute Gasteiger partial charge is 0.261 e. The van der Waals surface area contributed by atoms with Crippen LogP contribution in [0.5, 0.6) is 0 Å². The Morgan fingerprint density at radius 2 is 1.62 bits per heavy atom. The lowest BCUT2D eigenvalue weighted by Crippen LogP contribution is -2.15. The lowest BCUT2D eigenvalue weighted by molar-refractivity contribution is 0.601. The predicted octanol–water partition coefficient (Wildman–Crippen LogP) is 3.03. The third-order valence-corrected chi connectivity index (χ3v) is 4.67.